The van der Waals surface area contributed by atoms with E-state index < -0.39 is 11.6 Å². The lowest BCUT2D eigenvalue weighted by molar-refractivity contribution is 0.0234. The van der Waals surface area contributed by atoms with E-state index in [-0.39, 0.29) is 56.1 Å². The van der Waals surface area contributed by atoms with E-state index in [9.17, 15) is 9.65 Å². The first-order chi connectivity index (χ1) is 19.0. The van der Waals surface area contributed by atoms with E-state index >= 15 is 4.39 Å². The van der Waals surface area contributed by atoms with Crippen LogP contribution in [-0.4, -0.2) is 54.3 Å². The molecule has 0 atom stereocenters. The van der Waals surface area contributed by atoms with Crippen LogP contribution in [0.3, 0.4) is 0 Å². The molecular formula is C28H25F2N5O3S. The molecule has 5 heterocycles. The summed E-state index contributed by atoms with van der Waals surface area (Å²) in [7, 11) is 0. The van der Waals surface area contributed by atoms with Crippen molar-refractivity contribution >= 4 is 37.3 Å². The fraction of sp³-hybridized carbons (Fsp3) is 0.393. The summed E-state index contributed by atoms with van der Waals surface area (Å²) in [4.78, 5) is 11.3. The number of pyridine rings is 2. The molecule has 39 heavy (non-hydrogen) atoms. The minimum Gasteiger partial charge on any atom is -0.477 e. The number of nitrogen functional groups attached to an aromatic ring is 1. The average Bonchev–Trinajstić information content (AvgIpc) is 3.36. The molecule has 0 unspecified atom stereocenters. The van der Waals surface area contributed by atoms with Gasteiger partial charge in [-0.05, 0) is 30.0 Å². The third kappa shape index (κ3) is 4.10. The SMILES string of the molecule is N#Cc1c(N)sc2c(F)cnc(-c3c4c(c5ccc(OCC6(CN7CCOCC7)CC6)nc5c3F)COC4)c12. The molecule has 0 radical (unpaired) electrons. The first-order valence-corrected chi connectivity index (χ1v) is 13.7. The molecule has 4 aromatic rings. The quantitative estimate of drug-likeness (QED) is 0.367. The van der Waals surface area contributed by atoms with Gasteiger partial charge in [0, 0.05) is 47.5 Å². The van der Waals surface area contributed by atoms with E-state index in [1.807, 2.05) is 12.1 Å². The summed E-state index contributed by atoms with van der Waals surface area (Å²) in [6.07, 6.45) is 3.20. The summed E-state index contributed by atoms with van der Waals surface area (Å²) in [5, 5.41) is 10.7. The fourth-order valence-electron chi connectivity index (χ4n) is 5.70. The number of hydrogen-bond donors (Lipinski definition) is 1. The monoisotopic (exact) mass is 549 g/mol. The third-order valence-electron chi connectivity index (χ3n) is 7.97. The standard InChI is InChI=1S/C28H25F2N5O3S/c29-19-10-33-25(22-16(9-31)27(32)39-26(19)22)21-18-12-37-11-17(18)15-1-2-20(34-24(15)23(21)30)38-14-28(3-4-28)13-35-5-7-36-8-6-35/h1-2,10H,3-8,11-14,32H2. The Bertz CT molecular complexity index is 1670. The number of nitrogens with zero attached hydrogens (tertiary/aromatic N) is 4. The first kappa shape index (κ1) is 24.6. The molecule has 0 amide bonds. The maximum atomic E-state index is 16.4. The van der Waals surface area contributed by atoms with Crippen LogP contribution in [0, 0.1) is 28.4 Å². The van der Waals surface area contributed by atoms with Crippen LogP contribution >= 0.6 is 11.3 Å². The van der Waals surface area contributed by atoms with Crippen molar-refractivity contribution in [3.05, 3.63) is 46.7 Å². The number of nitriles is 1. The molecule has 7 rings (SSSR count). The minimum atomic E-state index is -0.610. The molecule has 2 aliphatic heterocycles. The predicted molar refractivity (Wildman–Crippen MR) is 142 cm³/mol. The average molecular weight is 550 g/mol. The molecule has 8 nitrogen and oxygen atoms in total. The highest BCUT2D eigenvalue weighted by molar-refractivity contribution is 7.23. The number of halogens is 2. The number of ether oxygens (including phenoxy) is 3. The van der Waals surface area contributed by atoms with Crippen molar-refractivity contribution in [3.63, 3.8) is 0 Å². The molecule has 3 aromatic heterocycles. The molecule has 200 valence electrons. The number of benzene rings is 1. The van der Waals surface area contributed by atoms with E-state index in [0.717, 1.165) is 68.8 Å². The van der Waals surface area contributed by atoms with Gasteiger partial charge < -0.3 is 19.9 Å². The van der Waals surface area contributed by atoms with Gasteiger partial charge in [-0.15, -0.1) is 11.3 Å². The zero-order chi connectivity index (χ0) is 26.7. The van der Waals surface area contributed by atoms with Gasteiger partial charge in [0.2, 0.25) is 5.88 Å². The van der Waals surface area contributed by atoms with Crippen molar-refractivity contribution in [2.75, 3.05) is 45.2 Å². The summed E-state index contributed by atoms with van der Waals surface area (Å²) in [5.74, 6) is -0.877. The summed E-state index contributed by atoms with van der Waals surface area (Å²) < 4.78 is 48.6. The van der Waals surface area contributed by atoms with Crippen LogP contribution in [-0.2, 0) is 22.7 Å². The highest BCUT2D eigenvalue weighted by atomic mass is 32.1. The molecule has 2 N–H and O–H groups in total. The largest absolute Gasteiger partial charge is 0.477 e. The Morgan fingerprint density at radius 1 is 1.15 bits per heavy atom. The van der Waals surface area contributed by atoms with Gasteiger partial charge >= 0.3 is 0 Å². The lowest BCUT2D eigenvalue weighted by atomic mass is 9.93. The molecule has 0 bridgehead atoms. The van der Waals surface area contributed by atoms with Gasteiger partial charge in [-0.2, -0.15) is 5.26 Å². The second kappa shape index (κ2) is 9.34. The molecule has 1 saturated carbocycles. The van der Waals surface area contributed by atoms with Crippen LogP contribution in [0.15, 0.2) is 18.3 Å². The van der Waals surface area contributed by atoms with Crippen LogP contribution in [0.5, 0.6) is 5.88 Å². The number of hydrogen-bond acceptors (Lipinski definition) is 9. The Morgan fingerprint density at radius 3 is 2.72 bits per heavy atom. The second-order valence-electron chi connectivity index (χ2n) is 10.5. The predicted octanol–water partition coefficient (Wildman–Crippen LogP) is 4.76. The molecule has 1 saturated heterocycles. The van der Waals surface area contributed by atoms with Crippen LogP contribution in [0.1, 0.15) is 29.5 Å². The second-order valence-corrected chi connectivity index (χ2v) is 11.5. The van der Waals surface area contributed by atoms with Crippen LogP contribution in [0.4, 0.5) is 13.8 Å². The van der Waals surface area contributed by atoms with Crippen molar-refractivity contribution in [1.29, 1.82) is 5.26 Å². The zero-order valence-corrected chi connectivity index (χ0v) is 21.9. The Kier molecular flexibility index (Phi) is 5.89. The molecule has 2 fully saturated rings. The Balaban J connectivity index is 1.29. The maximum Gasteiger partial charge on any atom is 0.213 e. The van der Waals surface area contributed by atoms with E-state index in [4.69, 9.17) is 19.9 Å². The number of morpholine rings is 1. The molecule has 3 aliphatic rings. The van der Waals surface area contributed by atoms with Crippen LogP contribution in [0.25, 0.3) is 32.2 Å². The molecule has 11 heteroatoms. The zero-order valence-electron chi connectivity index (χ0n) is 21.1. The lowest BCUT2D eigenvalue weighted by Crippen LogP contribution is -2.41. The van der Waals surface area contributed by atoms with Crippen LogP contribution < -0.4 is 10.5 Å². The number of fused-ring (bicyclic) bond motifs is 4. The highest BCUT2D eigenvalue weighted by Gasteiger charge is 2.45. The van der Waals surface area contributed by atoms with Crippen LogP contribution in [0.2, 0.25) is 0 Å². The van der Waals surface area contributed by atoms with Crippen molar-refractivity contribution in [1.82, 2.24) is 14.9 Å². The summed E-state index contributed by atoms with van der Waals surface area (Å²) in [6.45, 7) is 5.25. The van der Waals surface area contributed by atoms with Crippen molar-refractivity contribution in [3.8, 4) is 23.2 Å². The van der Waals surface area contributed by atoms with Crippen molar-refractivity contribution in [2.45, 2.75) is 26.1 Å². The number of nitrogens with two attached hydrogens (primary N) is 1. The third-order valence-corrected chi connectivity index (χ3v) is 9.00. The number of rotatable bonds is 6. The minimum absolute atomic E-state index is 0.0830. The summed E-state index contributed by atoms with van der Waals surface area (Å²) in [6, 6.07) is 5.62. The van der Waals surface area contributed by atoms with E-state index in [1.165, 1.54) is 0 Å². The topological polar surface area (TPSA) is 107 Å². The first-order valence-electron chi connectivity index (χ1n) is 12.9. The van der Waals surface area contributed by atoms with E-state index in [1.54, 1.807) is 6.07 Å². The van der Waals surface area contributed by atoms with Gasteiger partial charge in [-0.25, -0.2) is 13.8 Å². The van der Waals surface area contributed by atoms with E-state index in [2.05, 4.69) is 14.9 Å². The summed E-state index contributed by atoms with van der Waals surface area (Å²) >= 11 is 0.952. The molecular weight excluding hydrogens is 524 g/mol. The van der Waals surface area contributed by atoms with Crippen molar-refractivity contribution in [2.24, 2.45) is 5.41 Å². The highest BCUT2D eigenvalue weighted by Crippen LogP contribution is 2.47. The Hall–Kier alpha value is -3.43. The van der Waals surface area contributed by atoms with Gasteiger partial charge in [0.1, 0.15) is 16.6 Å². The number of thiophene rings is 1. The summed E-state index contributed by atoms with van der Waals surface area (Å²) in [5.41, 5.74) is 8.05. The van der Waals surface area contributed by atoms with Gasteiger partial charge in [-0.3, -0.25) is 9.88 Å². The molecule has 0 spiro atoms. The smallest absolute Gasteiger partial charge is 0.213 e. The number of anilines is 1. The maximum absolute atomic E-state index is 16.4. The van der Waals surface area contributed by atoms with Gasteiger partial charge in [0.25, 0.3) is 0 Å². The lowest BCUT2D eigenvalue weighted by Gasteiger charge is -2.30. The number of aromatic nitrogens is 2. The van der Waals surface area contributed by atoms with Gasteiger partial charge in [0.05, 0.1) is 55.2 Å². The fourth-order valence-corrected chi connectivity index (χ4v) is 6.62. The molecule has 1 aromatic carbocycles. The van der Waals surface area contributed by atoms with Gasteiger partial charge in [-0.1, -0.05) is 0 Å². The Labute approximate surface area is 226 Å². The molecule has 1 aliphatic carbocycles. The van der Waals surface area contributed by atoms with Crippen molar-refractivity contribution < 1.29 is 23.0 Å². The Morgan fingerprint density at radius 2 is 1.95 bits per heavy atom. The normalized spacial score (nSPS) is 18.4. The van der Waals surface area contributed by atoms with E-state index in [0.29, 0.717) is 23.4 Å². The van der Waals surface area contributed by atoms with Gasteiger partial charge in [0.15, 0.2) is 11.6 Å².